The third-order valence-electron chi connectivity index (χ3n) is 4.05. The minimum absolute atomic E-state index is 0.0671. The zero-order chi connectivity index (χ0) is 13.6. The van der Waals surface area contributed by atoms with Gasteiger partial charge in [0, 0.05) is 4.90 Å². The predicted molar refractivity (Wildman–Crippen MR) is 81.3 cm³/mol. The summed E-state index contributed by atoms with van der Waals surface area (Å²) in [6.45, 7) is 1.99. The number of rotatable bonds is 5. The van der Waals surface area contributed by atoms with E-state index in [9.17, 15) is 5.26 Å². The van der Waals surface area contributed by atoms with Crippen LogP contribution in [0.2, 0.25) is 0 Å². The molecular formula is C16H22N2S. The Kier molecular flexibility index (Phi) is 5.30. The van der Waals surface area contributed by atoms with Crippen LogP contribution >= 0.6 is 11.8 Å². The first-order valence-corrected chi connectivity index (χ1v) is 8.25. The summed E-state index contributed by atoms with van der Waals surface area (Å²) in [4.78, 5) is 1.33. The molecule has 3 heteroatoms. The lowest BCUT2D eigenvalue weighted by molar-refractivity contribution is 0.257. The molecule has 1 aromatic rings. The molecule has 1 heterocycles. The van der Waals surface area contributed by atoms with Crippen molar-refractivity contribution in [3.05, 3.63) is 29.8 Å². The number of piperidine rings is 1. The lowest BCUT2D eigenvalue weighted by Gasteiger charge is -2.31. The molecule has 1 aliphatic heterocycles. The van der Waals surface area contributed by atoms with E-state index < -0.39 is 0 Å². The second-order valence-corrected chi connectivity index (χ2v) is 6.23. The van der Waals surface area contributed by atoms with E-state index in [1.54, 1.807) is 11.8 Å². The number of thioether (sulfide) groups is 1. The molecule has 0 spiro atoms. The summed E-state index contributed by atoms with van der Waals surface area (Å²) in [5.41, 5.74) is 1.33. The maximum atomic E-state index is 9.44. The summed E-state index contributed by atoms with van der Waals surface area (Å²) < 4.78 is 0. The molecule has 0 bridgehead atoms. The number of nitrogens with zero attached hydrogens (tertiary/aromatic N) is 1. The Bertz CT molecular complexity index is 444. The lowest BCUT2D eigenvalue weighted by atomic mass is 9.76. The standard InChI is InChI=1S/C16H22N2S/c1-19-15-6-2-4-14(12-15)5-3-7-16(13-17)8-10-18-11-9-16/h2,4,6,12,18H,3,5,7-11H2,1H3. The minimum Gasteiger partial charge on any atom is -0.317 e. The Morgan fingerprint density at radius 1 is 1.37 bits per heavy atom. The van der Waals surface area contributed by atoms with Gasteiger partial charge in [-0.05, 0) is 69.1 Å². The zero-order valence-electron chi connectivity index (χ0n) is 11.6. The first-order chi connectivity index (χ1) is 9.28. The molecular weight excluding hydrogens is 252 g/mol. The van der Waals surface area contributed by atoms with Crippen LogP contribution in [-0.4, -0.2) is 19.3 Å². The largest absolute Gasteiger partial charge is 0.317 e. The molecule has 1 N–H and O–H groups in total. The van der Waals surface area contributed by atoms with Crippen LogP contribution in [0, 0.1) is 16.7 Å². The van der Waals surface area contributed by atoms with Gasteiger partial charge in [-0.3, -0.25) is 0 Å². The van der Waals surface area contributed by atoms with E-state index in [0.29, 0.717) is 0 Å². The number of benzene rings is 1. The fourth-order valence-corrected chi connectivity index (χ4v) is 3.27. The van der Waals surface area contributed by atoms with Gasteiger partial charge in [-0.15, -0.1) is 11.8 Å². The van der Waals surface area contributed by atoms with Gasteiger partial charge in [0.15, 0.2) is 0 Å². The molecule has 2 rings (SSSR count). The average Bonchev–Trinajstić information content (AvgIpc) is 2.48. The van der Waals surface area contributed by atoms with E-state index in [1.807, 2.05) is 0 Å². The van der Waals surface area contributed by atoms with Crippen molar-refractivity contribution in [2.75, 3.05) is 19.3 Å². The van der Waals surface area contributed by atoms with E-state index in [4.69, 9.17) is 0 Å². The Balaban J connectivity index is 1.86. The molecule has 0 atom stereocenters. The fraction of sp³-hybridized carbons (Fsp3) is 0.562. The van der Waals surface area contributed by atoms with E-state index in [1.165, 1.54) is 10.5 Å². The highest BCUT2D eigenvalue weighted by atomic mass is 32.2. The molecule has 1 aliphatic rings. The zero-order valence-corrected chi connectivity index (χ0v) is 12.4. The van der Waals surface area contributed by atoms with E-state index in [0.717, 1.165) is 45.2 Å². The van der Waals surface area contributed by atoms with Crippen molar-refractivity contribution >= 4 is 11.8 Å². The van der Waals surface area contributed by atoms with Gasteiger partial charge in [0.25, 0.3) is 0 Å². The molecule has 0 aliphatic carbocycles. The first kappa shape index (κ1) is 14.4. The number of hydrogen-bond donors (Lipinski definition) is 1. The quantitative estimate of drug-likeness (QED) is 0.833. The molecule has 19 heavy (non-hydrogen) atoms. The van der Waals surface area contributed by atoms with Crippen molar-refractivity contribution in [2.45, 2.75) is 37.0 Å². The predicted octanol–water partition coefficient (Wildman–Crippen LogP) is 3.62. The molecule has 1 aromatic carbocycles. The highest BCUT2D eigenvalue weighted by Gasteiger charge is 2.31. The monoisotopic (exact) mass is 274 g/mol. The highest BCUT2D eigenvalue weighted by Crippen LogP contribution is 2.33. The Hall–Kier alpha value is -0.980. The summed E-state index contributed by atoms with van der Waals surface area (Å²) in [7, 11) is 0. The summed E-state index contributed by atoms with van der Waals surface area (Å²) in [6, 6.07) is 11.3. The Morgan fingerprint density at radius 3 is 2.84 bits per heavy atom. The van der Waals surface area contributed by atoms with Crippen molar-refractivity contribution in [2.24, 2.45) is 5.41 Å². The molecule has 0 amide bonds. The average molecular weight is 274 g/mol. The van der Waals surface area contributed by atoms with Crippen LogP contribution < -0.4 is 5.32 Å². The van der Waals surface area contributed by atoms with Crippen LogP contribution in [0.3, 0.4) is 0 Å². The second kappa shape index (κ2) is 6.98. The summed E-state index contributed by atoms with van der Waals surface area (Å²) in [5, 5.41) is 12.8. The molecule has 0 radical (unpaired) electrons. The van der Waals surface area contributed by atoms with Gasteiger partial charge in [-0.25, -0.2) is 0 Å². The molecule has 102 valence electrons. The van der Waals surface area contributed by atoms with Crippen LogP contribution in [0.15, 0.2) is 29.2 Å². The van der Waals surface area contributed by atoms with Crippen molar-refractivity contribution in [3.8, 4) is 6.07 Å². The highest BCUT2D eigenvalue weighted by molar-refractivity contribution is 7.98. The summed E-state index contributed by atoms with van der Waals surface area (Å²) >= 11 is 1.79. The first-order valence-electron chi connectivity index (χ1n) is 7.03. The van der Waals surface area contributed by atoms with E-state index in [2.05, 4.69) is 41.9 Å². The van der Waals surface area contributed by atoms with Crippen molar-refractivity contribution in [1.29, 1.82) is 5.26 Å². The second-order valence-electron chi connectivity index (χ2n) is 5.35. The van der Waals surface area contributed by atoms with Crippen LogP contribution in [0.1, 0.15) is 31.2 Å². The molecule has 2 nitrogen and oxygen atoms in total. The van der Waals surface area contributed by atoms with Gasteiger partial charge < -0.3 is 5.32 Å². The van der Waals surface area contributed by atoms with Gasteiger partial charge in [-0.1, -0.05) is 12.1 Å². The van der Waals surface area contributed by atoms with Crippen LogP contribution in [-0.2, 0) is 6.42 Å². The normalized spacial score (nSPS) is 17.9. The van der Waals surface area contributed by atoms with Crippen LogP contribution in [0.25, 0.3) is 0 Å². The number of aryl methyl sites for hydroxylation is 1. The molecule has 1 saturated heterocycles. The maximum absolute atomic E-state index is 9.44. The smallest absolute Gasteiger partial charge is 0.0690 e. The van der Waals surface area contributed by atoms with Crippen LogP contribution in [0.4, 0.5) is 0 Å². The van der Waals surface area contributed by atoms with Gasteiger partial charge >= 0.3 is 0 Å². The van der Waals surface area contributed by atoms with Gasteiger partial charge in [0.2, 0.25) is 0 Å². The Labute approximate surface area is 120 Å². The van der Waals surface area contributed by atoms with Crippen molar-refractivity contribution in [1.82, 2.24) is 5.32 Å². The molecule has 0 unspecified atom stereocenters. The third-order valence-corrected chi connectivity index (χ3v) is 4.78. The van der Waals surface area contributed by atoms with Gasteiger partial charge in [0.1, 0.15) is 0 Å². The summed E-state index contributed by atoms with van der Waals surface area (Å²) in [5.74, 6) is 0. The topological polar surface area (TPSA) is 35.8 Å². The fourth-order valence-electron chi connectivity index (χ4n) is 2.78. The van der Waals surface area contributed by atoms with E-state index in [-0.39, 0.29) is 5.41 Å². The van der Waals surface area contributed by atoms with Crippen molar-refractivity contribution < 1.29 is 0 Å². The Morgan fingerprint density at radius 2 is 2.16 bits per heavy atom. The van der Waals surface area contributed by atoms with E-state index >= 15 is 0 Å². The molecule has 0 aromatic heterocycles. The third kappa shape index (κ3) is 3.99. The maximum Gasteiger partial charge on any atom is 0.0690 e. The molecule has 0 saturated carbocycles. The van der Waals surface area contributed by atoms with Gasteiger partial charge in [0.05, 0.1) is 11.5 Å². The van der Waals surface area contributed by atoms with Crippen molar-refractivity contribution in [3.63, 3.8) is 0 Å². The minimum atomic E-state index is -0.0671. The number of hydrogen-bond acceptors (Lipinski definition) is 3. The summed E-state index contributed by atoms with van der Waals surface area (Å²) in [6.07, 6.45) is 7.37. The SMILES string of the molecule is CSc1cccc(CCCC2(C#N)CCNCC2)c1. The molecule has 1 fully saturated rings. The lowest BCUT2D eigenvalue weighted by Crippen LogP contribution is -2.35. The number of nitrogens with one attached hydrogen (secondary N) is 1. The van der Waals surface area contributed by atoms with Gasteiger partial charge in [-0.2, -0.15) is 5.26 Å². The van der Waals surface area contributed by atoms with Crippen LogP contribution in [0.5, 0.6) is 0 Å². The number of nitriles is 1.